The van der Waals surface area contributed by atoms with E-state index in [4.69, 9.17) is 10.7 Å². The van der Waals surface area contributed by atoms with E-state index in [2.05, 4.69) is 21.2 Å². The average molecular weight is 383 g/mol. The molecule has 0 spiro atoms. The van der Waals surface area contributed by atoms with Crippen molar-refractivity contribution in [1.82, 2.24) is 5.32 Å². The van der Waals surface area contributed by atoms with Crippen LogP contribution in [0.15, 0.2) is 21.5 Å². The molecule has 0 aliphatic carbocycles. The van der Waals surface area contributed by atoms with Gasteiger partial charge in [0.2, 0.25) is 0 Å². The second kappa shape index (κ2) is 6.45. The van der Waals surface area contributed by atoms with E-state index in [1.165, 1.54) is 6.07 Å². The number of carbonyl (C=O) groups excluding carboxylic acids is 1. The molecule has 1 aromatic carbocycles. The Morgan fingerprint density at radius 3 is 2.30 bits per heavy atom. The van der Waals surface area contributed by atoms with Gasteiger partial charge in [0.15, 0.2) is 0 Å². The summed E-state index contributed by atoms with van der Waals surface area (Å²) in [7, 11) is 1.47. The molecule has 0 aliphatic heterocycles. The lowest BCUT2D eigenvalue weighted by Crippen LogP contribution is -2.36. The summed E-state index contributed by atoms with van der Waals surface area (Å²) in [5.74, 6) is -0.0323. The summed E-state index contributed by atoms with van der Waals surface area (Å²) in [5.41, 5.74) is 0.909. The number of benzene rings is 1. The Bertz CT molecular complexity index is 629. The van der Waals surface area contributed by atoms with Gasteiger partial charge in [-0.1, -0.05) is 13.8 Å². The second-order valence-corrected chi connectivity index (χ2v) is 8.38. The average Bonchev–Trinajstić information content (AvgIpc) is 2.30. The predicted octanol–water partition coefficient (Wildman–Crippen LogP) is 3.46. The van der Waals surface area contributed by atoms with E-state index in [0.717, 1.165) is 0 Å². The van der Waals surface area contributed by atoms with E-state index < -0.39 is 9.05 Å². The fourth-order valence-electron chi connectivity index (χ4n) is 1.50. The van der Waals surface area contributed by atoms with Crippen molar-refractivity contribution >= 4 is 41.6 Å². The highest BCUT2D eigenvalue weighted by Gasteiger charge is 2.20. The molecule has 1 rings (SSSR count). The molecule has 0 saturated carbocycles. The molecule has 1 unspecified atom stereocenters. The Kier molecular flexibility index (Phi) is 5.63. The summed E-state index contributed by atoms with van der Waals surface area (Å²) in [6, 6.07) is 2.89. The summed E-state index contributed by atoms with van der Waals surface area (Å²) in [6.07, 6.45) is 0. The molecule has 0 saturated heterocycles. The van der Waals surface area contributed by atoms with Gasteiger partial charge in [0.25, 0.3) is 15.0 Å². The van der Waals surface area contributed by atoms with Crippen LogP contribution in [0.2, 0.25) is 0 Å². The Labute approximate surface area is 132 Å². The molecule has 0 fully saturated rings. The molecule has 0 aliphatic rings. The smallest absolute Gasteiger partial charge is 0.262 e. The molecule has 7 heteroatoms. The lowest BCUT2D eigenvalue weighted by Gasteiger charge is -2.18. The minimum absolute atomic E-state index is 0.0116. The van der Waals surface area contributed by atoms with E-state index >= 15 is 0 Å². The number of aryl methyl sites for hydroxylation is 1. The minimum Gasteiger partial charge on any atom is -0.349 e. The van der Waals surface area contributed by atoms with E-state index in [0.29, 0.717) is 10.0 Å². The van der Waals surface area contributed by atoms with Crippen LogP contribution in [-0.4, -0.2) is 20.4 Å². The van der Waals surface area contributed by atoms with Crippen molar-refractivity contribution in [2.45, 2.75) is 38.6 Å². The lowest BCUT2D eigenvalue weighted by atomic mass is 10.1. The van der Waals surface area contributed by atoms with Crippen molar-refractivity contribution in [3.63, 3.8) is 0 Å². The molecule has 0 aromatic heterocycles. The fraction of sp³-hybridized carbons (Fsp3) is 0.462. The topological polar surface area (TPSA) is 63.2 Å². The van der Waals surface area contributed by atoms with Crippen LogP contribution in [0.3, 0.4) is 0 Å². The first-order valence-electron chi connectivity index (χ1n) is 6.09. The highest BCUT2D eigenvalue weighted by atomic mass is 79.9. The maximum Gasteiger partial charge on any atom is 0.262 e. The third kappa shape index (κ3) is 4.20. The Morgan fingerprint density at radius 1 is 1.30 bits per heavy atom. The zero-order valence-corrected chi connectivity index (χ0v) is 14.9. The zero-order chi connectivity index (χ0) is 15.7. The Hall–Kier alpha value is -0.590. The molecule has 1 atom stereocenters. The summed E-state index contributed by atoms with van der Waals surface area (Å²) >= 11 is 3.18. The molecule has 1 N–H and O–H groups in total. The van der Waals surface area contributed by atoms with E-state index in [-0.39, 0.29) is 28.3 Å². The molecule has 0 radical (unpaired) electrons. The first-order chi connectivity index (χ1) is 9.04. The van der Waals surface area contributed by atoms with Crippen LogP contribution in [0.1, 0.15) is 36.7 Å². The predicted molar refractivity (Wildman–Crippen MR) is 83.7 cm³/mol. The largest absolute Gasteiger partial charge is 0.349 e. The maximum atomic E-state index is 12.1. The standard InChI is InChI=1S/C13H17BrClNO3S/c1-7(2)9(4)16-13(17)10-5-8(3)12(14)11(6-10)20(15,18)19/h5-7,9H,1-4H3,(H,16,17). The molecular formula is C13H17BrClNO3S. The molecule has 1 aromatic rings. The summed E-state index contributed by atoms with van der Waals surface area (Å²) in [4.78, 5) is 12.0. The zero-order valence-electron chi connectivity index (χ0n) is 11.7. The molecule has 20 heavy (non-hydrogen) atoms. The van der Waals surface area contributed by atoms with Gasteiger partial charge in [0.1, 0.15) is 0 Å². The van der Waals surface area contributed by atoms with Crippen LogP contribution in [0.4, 0.5) is 0 Å². The molecule has 1 amide bonds. The molecule has 4 nitrogen and oxygen atoms in total. The van der Waals surface area contributed by atoms with Gasteiger partial charge in [-0.2, -0.15) is 0 Å². The second-order valence-electron chi connectivity index (χ2n) is 5.05. The number of nitrogens with one attached hydrogen (secondary N) is 1. The van der Waals surface area contributed by atoms with E-state index in [9.17, 15) is 13.2 Å². The van der Waals surface area contributed by atoms with Gasteiger partial charge in [-0.25, -0.2) is 8.42 Å². The van der Waals surface area contributed by atoms with Crippen LogP contribution in [0.5, 0.6) is 0 Å². The molecule has 112 valence electrons. The van der Waals surface area contributed by atoms with E-state index in [1.54, 1.807) is 13.0 Å². The van der Waals surface area contributed by atoms with Crippen molar-refractivity contribution in [3.05, 3.63) is 27.7 Å². The first-order valence-corrected chi connectivity index (χ1v) is 9.20. The van der Waals surface area contributed by atoms with Crippen LogP contribution in [0.25, 0.3) is 0 Å². The van der Waals surface area contributed by atoms with Crippen LogP contribution < -0.4 is 5.32 Å². The lowest BCUT2D eigenvalue weighted by molar-refractivity contribution is 0.0930. The molecule has 0 bridgehead atoms. The van der Waals surface area contributed by atoms with E-state index in [1.807, 2.05) is 20.8 Å². The number of hydrogen-bond donors (Lipinski definition) is 1. The van der Waals surface area contributed by atoms with Gasteiger partial charge in [-0.05, 0) is 53.4 Å². The van der Waals surface area contributed by atoms with Gasteiger partial charge in [0, 0.05) is 26.8 Å². The van der Waals surface area contributed by atoms with Crippen LogP contribution in [0, 0.1) is 12.8 Å². The monoisotopic (exact) mass is 381 g/mol. The number of rotatable bonds is 4. The van der Waals surface area contributed by atoms with Gasteiger partial charge in [-0.3, -0.25) is 4.79 Å². The van der Waals surface area contributed by atoms with Crippen molar-refractivity contribution in [2.24, 2.45) is 5.92 Å². The fourth-order valence-corrected chi connectivity index (χ4v) is 3.66. The quantitative estimate of drug-likeness (QED) is 0.811. The van der Waals surface area contributed by atoms with Crippen molar-refractivity contribution < 1.29 is 13.2 Å². The highest BCUT2D eigenvalue weighted by molar-refractivity contribution is 9.10. The first kappa shape index (κ1) is 17.5. The normalized spacial score (nSPS) is 13.3. The van der Waals surface area contributed by atoms with Crippen molar-refractivity contribution in [1.29, 1.82) is 0 Å². The van der Waals surface area contributed by atoms with Crippen molar-refractivity contribution in [2.75, 3.05) is 0 Å². The number of halogens is 2. The van der Waals surface area contributed by atoms with Gasteiger partial charge < -0.3 is 5.32 Å². The summed E-state index contributed by atoms with van der Waals surface area (Å²) < 4.78 is 23.4. The maximum absolute atomic E-state index is 12.1. The number of carbonyl (C=O) groups is 1. The Balaban J connectivity index is 3.21. The summed E-state index contributed by atoms with van der Waals surface area (Å²) in [6.45, 7) is 7.59. The van der Waals surface area contributed by atoms with Gasteiger partial charge in [-0.15, -0.1) is 0 Å². The minimum atomic E-state index is -3.91. The van der Waals surface area contributed by atoms with Crippen LogP contribution >= 0.6 is 26.6 Å². The van der Waals surface area contributed by atoms with Gasteiger partial charge >= 0.3 is 0 Å². The van der Waals surface area contributed by atoms with Gasteiger partial charge in [0.05, 0.1) is 4.90 Å². The number of amides is 1. The van der Waals surface area contributed by atoms with Crippen molar-refractivity contribution in [3.8, 4) is 0 Å². The Morgan fingerprint density at radius 2 is 1.85 bits per heavy atom. The molecular weight excluding hydrogens is 366 g/mol. The number of hydrogen-bond acceptors (Lipinski definition) is 3. The summed E-state index contributed by atoms with van der Waals surface area (Å²) in [5, 5.41) is 2.83. The highest BCUT2D eigenvalue weighted by Crippen LogP contribution is 2.29. The third-order valence-corrected chi connectivity index (χ3v) is 5.77. The van der Waals surface area contributed by atoms with Crippen LogP contribution in [-0.2, 0) is 9.05 Å². The third-order valence-electron chi connectivity index (χ3n) is 3.10. The SMILES string of the molecule is Cc1cc(C(=O)NC(C)C(C)C)cc(S(=O)(=O)Cl)c1Br. The molecule has 0 heterocycles.